The van der Waals surface area contributed by atoms with Gasteiger partial charge < -0.3 is 9.64 Å². The van der Waals surface area contributed by atoms with Crippen LogP contribution < -0.4 is 0 Å². The van der Waals surface area contributed by atoms with Crippen LogP contribution in [0.25, 0.3) is 0 Å². The summed E-state index contributed by atoms with van der Waals surface area (Å²) in [5.74, 6) is 0.527. The highest BCUT2D eigenvalue weighted by Gasteiger charge is 2.37. The van der Waals surface area contributed by atoms with Crippen molar-refractivity contribution in [1.82, 2.24) is 14.9 Å². The number of carbonyl (C=O) groups excluding carboxylic acids is 1. The molecule has 0 aliphatic carbocycles. The lowest BCUT2D eigenvalue weighted by Gasteiger charge is -2.16. The summed E-state index contributed by atoms with van der Waals surface area (Å²) < 4.78 is 5.34. The Morgan fingerprint density at radius 3 is 2.73 bits per heavy atom. The van der Waals surface area contributed by atoms with E-state index in [2.05, 4.69) is 9.97 Å². The minimum absolute atomic E-state index is 0.0435. The van der Waals surface area contributed by atoms with E-state index < -0.39 is 0 Å². The van der Waals surface area contributed by atoms with E-state index in [1.165, 1.54) is 0 Å². The van der Waals surface area contributed by atoms with Gasteiger partial charge >= 0.3 is 0 Å². The van der Waals surface area contributed by atoms with Crippen molar-refractivity contribution < 1.29 is 9.53 Å². The molecule has 0 unspecified atom stereocenters. The molecule has 3 rings (SSSR count). The molecular weight excluding hydrogens is 278 g/mol. The van der Waals surface area contributed by atoms with Gasteiger partial charge in [-0.1, -0.05) is 6.07 Å². The van der Waals surface area contributed by atoms with Gasteiger partial charge in [-0.3, -0.25) is 14.8 Å². The first-order chi connectivity index (χ1) is 10.8. The van der Waals surface area contributed by atoms with Gasteiger partial charge in [0.1, 0.15) is 0 Å². The smallest absolute Gasteiger partial charge is 0.253 e. The zero-order valence-corrected chi connectivity index (χ0v) is 12.6. The highest BCUT2D eigenvalue weighted by Crippen LogP contribution is 2.32. The lowest BCUT2D eigenvalue weighted by Crippen LogP contribution is -2.29. The molecule has 1 aliphatic heterocycles. The molecule has 3 heterocycles. The number of nitrogens with zero attached hydrogens (tertiary/aromatic N) is 3. The number of likely N-dealkylation sites (tertiary alicyclic amines) is 1. The Hall–Kier alpha value is -2.27. The minimum atomic E-state index is 0.0435. The third kappa shape index (κ3) is 2.99. The first-order valence-corrected chi connectivity index (χ1v) is 7.38. The summed E-state index contributed by atoms with van der Waals surface area (Å²) >= 11 is 0. The van der Waals surface area contributed by atoms with E-state index in [0.717, 1.165) is 5.69 Å². The van der Waals surface area contributed by atoms with Crippen molar-refractivity contribution in [2.24, 2.45) is 5.92 Å². The quantitative estimate of drug-likeness (QED) is 0.866. The average Bonchev–Trinajstić information content (AvgIpc) is 3.00. The van der Waals surface area contributed by atoms with Crippen LogP contribution in [0.15, 0.2) is 48.9 Å². The molecular formula is C17H19N3O2. The number of aromatic nitrogens is 2. The van der Waals surface area contributed by atoms with Gasteiger partial charge in [0, 0.05) is 61.9 Å². The van der Waals surface area contributed by atoms with Gasteiger partial charge in [0.05, 0.1) is 6.61 Å². The first-order valence-electron chi connectivity index (χ1n) is 7.38. The Balaban J connectivity index is 1.80. The summed E-state index contributed by atoms with van der Waals surface area (Å²) in [7, 11) is 1.70. The molecule has 5 nitrogen and oxygen atoms in total. The second-order valence-electron chi connectivity index (χ2n) is 5.52. The molecule has 0 saturated carbocycles. The maximum absolute atomic E-state index is 12.6. The third-order valence-electron chi connectivity index (χ3n) is 4.10. The van der Waals surface area contributed by atoms with E-state index in [4.69, 9.17) is 4.74 Å². The molecule has 0 aromatic carbocycles. The monoisotopic (exact) mass is 297 g/mol. The second-order valence-corrected chi connectivity index (χ2v) is 5.52. The molecule has 0 N–H and O–H groups in total. The maximum Gasteiger partial charge on any atom is 0.253 e. The number of hydrogen-bond donors (Lipinski definition) is 0. The maximum atomic E-state index is 12.6. The summed E-state index contributed by atoms with van der Waals surface area (Å²) in [6.07, 6.45) is 5.09. The molecule has 1 saturated heterocycles. The van der Waals surface area contributed by atoms with Crippen LogP contribution in [-0.4, -0.2) is 47.6 Å². The van der Waals surface area contributed by atoms with Crippen molar-refractivity contribution in [3.63, 3.8) is 0 Å². The average molecular weight is 297 g/mol. The number of ether oxygens (including phenoxy) is 1. The number of hydrogen-bond acceptors (Lipinski definition) is 4. The van der Waals surface area contributed by atoms with Gasteiger partial charge in [-0.2, -0.15) is 0 Å². The summed E-state index contributed by atoms with van der Waals surface area (Å²) in [6, 6.07) is 9.42. The third-order valence-corrected chi connectivity index (χ3v) is 4.10. The van der Waals surface area contributed by atoms with Crippen molar-refractivity contribution in [3.05, 3.63) is 60.2 Å². The first kappa shape index (κ1) is 14.7. The Morgan fingerprint density at radius 1 is 1.23 bits per heavy atom. The van der Waals surface area contributed by atoms with Crippen LogP contribution in [0.5, 0.6) is 0 Å². The Kier molecular flexibility index (Phi) is 4.44. The predicted octanol–water partition coefficient (Wildman–Crippen LogP) is 1.98. The SMILES string of the molecule is COC[C@@H]1CN(C(=O)c2ccncc2)C[C@H]1c1ccccn1. The normalized spacial score (nSPS) is 21.0. The summed E-state index contributed by atoms with van der Waals surface area (Å²) in [6.45, 7) is 1.99. The van der Waals surface area contributed by atoms with Gasteiger partial charge in [0.2, 0.25) is 0 Å². The number of methoxy groups -OCH3 is 1. The van der Waals surface area contributed by atoms with Crippen LogP contribution in [0.3, 0.4) is 0 Å². The molecule has 5 heteroatoms. The predicted molar refractivity (Wildman–Crippen MR) is 82.5 cm³/mol. The molecule has 114 valence electrons. The van der Waals surface area contributed by atoms with Gasteiger partial charge in [0.15, 0.2) is 0 Å². The topological polar surface area (TPSA) is 55.3 Å². The Bertz CT molecular complexity index is 618. The van der Waals surface area contributed by atoms with E-state index >= 15 is 0 Å². The van der Waals surface area contributed by atoms with E-state index in [1.807, 2.05) is 23.1 Å². The zero-order valence-electron chi connectivity index (χ0n) is 12.6. The summed E-state index contributed by atoms with van der Waals surface area (Å²) in [5, 5.41) is 0. The standard InChI is InChI=1S/C17H19N3O2/c1-22-12-14-10-20(17(21)13-5-8-18-9-6-13)11-15(14)16-4-2-3-7-19-16/h2-9,14-15H,10-12H2,1H3/t14-,15+/m0/s1. The molecule has 0 radical (unpaired) electrons. The van der Waals surface area contributed by atoms with Gasteiger partial charge in [-0.25, -0.2) is 0 Å². The van der Waals surface area contributed by atoms with E-state index in [0.29, 0.717) is 25.3 Å². The van der Waals surface area contributed by atoms with Crippen LogP contribution in [0.2, 0.25) is 0 Å². The molecule has 1 aliphatic rings. The molecule has 2 atom stereocenters. The lowest BCUT2D eigenvalue weighted by atomic mass is 9.93. The molecule has 1 fully saturated rings. The van der Waals surface area contributed by atoms with Crippen molar-refractivity contribution >= 4 is 5.91 Å². The molecule has 2 aromatic rings. The summed E-state index contributed by atoms with van der Waals surface area (Å²) in [5.41, 5.74) is 1.70. The van der Waals surface area contributed by atoms with Crippen LogP contribution in [0, 0.1) is 5.92 Å². The van der Waals surface area contributed by atoms with Crippen LogP contribution >= 0.6 is 0 Å². The van der Waals surface area contributed by atoms with E-state index in [1.54, 1.807) is 37.8 Å². The minimum Gasteiger partial charge on any atom is -0.384 e. The van der Waals surface area contributed by atoms with Crippen LogP contribution in [0.1, 0.15) is 22.0 Å². The van der Waals surface area contributed by atoms with Crippen molar-refractivity contribution in [2.75, 3.05) is 26.8 Å². The highest BCUT2D eigenvalue weighted by atomic mass is 16.5. The molecule has 2 aromatic heterocycles. The van der Waals surface area contributed by atoms with E-state index in [-0.39, 0.29) is 17.7 Å². The molecule has 22 heavy (non-hydrogen) atoms. The number of amides is 1. The lowest BCUT2D eigenvalue weighted by molar-refractivity contribution is 0.0775. The van der Waals surface area contributed by atoms with Gasteiger partial charge in [-0.05, 0) is 24.3 Å². The van der Waals surface area contributed by atoms with E-state index in [9.17, 15) is 4.79 Å². The fourth-order valence-corrected chi connectivity index (χ4v) is 3.03. The Morgan fingerprint density at radius 2 is 2.05 bits per heavy atom. The molecule has 0 spiro atoms. The summed E-state index contributed by atoms with van der Waals surface area (Å²) in [4.78, 5) is 22.9. The van der Waals surface area contributed by atoms with Gasteiger partial charge in [-0.15, -0.1) is 0 Å². The zero-order chi connectivity index (χ0) is 15.4. The van der Waals surface area contributed by atoms with Gasteiger partial charge in [0.25, 0.3) is 5.91 Å². The molecule has 1 amide bonds. The van der Waals surface area contributed by atoms with Crippen molar-refractivity contribution in [2.45, 2.75) is 5.92 Å². The van der Waals surface area contributed by atoms with Crippen LogP contribution in [-0.2, 0) is 4.74 Å². The fourth-order valence-electron chi connectivity index (χ4n) is 3.03. The number of pyridine rings is 2. The fraction of sp³-hybridized carbons (Fsp3) is 0.353. The second kappa shape index (κ2) is 6.66. The largest absolute Gasteiger partial charge is 0.384 e. The molecule has 0 bridgehead atoms. The highest BCUT2D eigenvalue weighted by molar-refractivity contribution is 5.94. The van der Waals surface area contributed by atoms with Crippen LogP contribution in [0.4, 0.5) is 0 Å². The van der Waals surface area contributed by atoms with Crippen molar-refractivity contribution in [3.8, 4) is 0 Å². The number of rotatable bonds is 4. The van der Waals surface area contributed by atoms with Crippen molar-refractivity contribution in [1.29, 1.82) is 0 Å². The Labute approximate surface area is 130 Å². The number of carbonyl (C=O) groups is 1.